The van der Waals surface area contributed by atoms with Gasteiger partial charge in [-0.05, 0) is 50.3 Å². The minimum absolute atomic E-state index is 0.00344. The van der Waals surface area contributed by atoms with Gasteiger partial charge in [-0.1, -0.05) is 24.2 Å². The molecule has 1 fully saturated rings. The molecule has 1 aromatic heterocycles. The Bertz CT molecular complexity index is 987. The highest BCUT2D eigenvalue weighted by Gasteiger charge is 2.36. The SMILES string of the molecule is Cc1noc(C)c1S(=O)(=O)N1CCC(C(C)C(=O)NCc2ccc(N(C)C)cc2)CC1. The maximum atomic E-state index is 13.0. The van der Waals surface area contributed by atoms with Gasteiger partial charge in [-0.3, -0.25) is 4.79 Å². The molecule has 1 saturated heterocycles. The Balaban J connectivity index is 1.53. The first kappa shape index (κ1) is 23.3. The number of carbonyl (C=O) groups is 1. The van der Waals surface area contributed by atoms with Crippen LogP contribution < -0.4 is 10.2 Å². The third kappa shape index (κ3) is 5.10. The van der Waals surface area contributed by atoms with Crippen molar-refractivity contribution in [1.29, 1.82) is 0 Å². The second kappa shape index (κ2) is 9.40. The van der Waals surface area contributed by atoms with E-state index in [1.54, 1.807) is 13.8 Å². The smallest absolute Gasteiger partial charge is 0.248 e. The number of hydrogen-bond acceptors (Lipinski definition) is 6. The molecule has 9 heteroatoms. The Hall–Kier alpha value is -2.39. The molecule has 2 heterocycles. The summed E-state index contributed by atoms with van der Waals surface area (Å²) >= 11 is 0. The van der Waals surface area contributed by atoms with E-state index in [0.29, 0.717) is 43.9 Å². The van der Waals surface area contributed by atoms with E-state index in [0.717, 1.165) is 11.3 Å². The molecule has 1 aromatic carbocycles. The molecule has 0 saturated carbocycles. The summed E-state index contributed by atoms with van der Waals surface area (Å²) in [5, 5.41) is 6.78. The van der Waals surface area contributed by atoms with Crippen LogP contribution in [0.15, 0.2) is 33.7 Å². The van der Waals surface area contributed by atoms with Crippen LogP contribution in [0.5, 0.6) is 0 Å². The first-order chi connectivity index (χ1) is 14.6. The van der Waals surface area contributed by atoms with Crippen LogP contribution in [0.25, 0.3) is 0 Å². The van der Waals surface area contributed by atoms with E-state index in [1.165, 1.54) is 4.31 Å². The second-order valence-electron chi connectivity index (χ2n) is 8.46. The van der Waals surface area contributed by atoms with Gasteiger partial charge in [0.2, 0.25) is 15.9 Å². The Kier molecular flexibility index (Phi) is 7.06. The van der Waals surface area contributed by atoms with Crippen molar-refractivity contribution in [3.8, 4) is 0 Å². The molecule has 0 radical (unpaired) electrons. The van der Waals surface area contributed by atoms with E-state index in [1.807, 2.05) is 50.2 Å². The van der Waals surface area contributed by atoms with Crippen molar-refractivity contribution in [1.82, 2.24) is 14.8 Å². The molecule has 1 aliphatic heterocycles. The van der Waals surface area contributed by atoms with Gasteiger partial charge in [-0.15, -0.1) is 0 Å². The highest BCUT2D eigenvalue weighted by Crippen LogP contribution is 2.30. The van der Waals surface area contributed by atoms with Crippen molar-refractivity contribution < 1.29 is 17.7 Å². The van der Waals surface area contributed by atoms with Crippen LogP contribution in [-0.2, 0) is 21.4 Å². The number of nitrogens with one attached hydrogen (secondary N) is 1. The van der Waals surface area contributed by atoms with Crippen molar-refractivity contribution in [2.75, 3.05) is 32.1 Å². The lowest BCUT2D eigenvalue weighted by atomic mass is 9.85. The van der Waals surface area contributed by atoms with E-state index < -0.39 is 10.0 Å². The fourth-order valence-electron chi connectivity index (χ4n) is 4.06. The topological polar surface area (TPSA) is 95.8 Å². The maximum absolute atomic E-state index is 13.0. The lowest BCUT2D eigenvalue weighted by Crippen LogP contribution is -2.42. The predicted molar refractivity (Wildman–Crippen MR) is 119 cm³/mol. The minimum atomic E-state index is -3.63. The Morgan fingerprint density at radius 2 is 1.84 bits per heavy atom. The standard InChI is InChI=1S/C22H32N4O4S/c1-15(22(27)23-14-18-6-8-20(9-7-18)25(4)5)19-10-12-26(13-11-19)31(28,29)21-16(2)24-30-17(21)3/h6-9,15,19H,10-14H2,1-5H3,(H,23,27). The summed E-state index contributed by atoms with van der Waals surface area (Å²) in [5.41, 5.74) is 2.54. The molecule has 0 spiro atoms. The molecule has 1 N–H and O–H groups in total. The highest BCUT2D eigenvalue weighted by atomic mass is 32.2. The largest absolute Gasteiger partial charge is 0.378 e. The van der Waals surface area contributed by atoms with Crippen molar-refractivity contribution in [3.05, 3.63) is 41.3 Å². The zero-order valence-electron chi connectivity index (χ0n) is 18.9. The average Bonchev–Trinajstić information content (AvgIpc) is 3.10. The molecular weight excluding hydrogens is 416 g/mol. The number of nitrogens with zero attached hydrogens (tertiary/aromatic N) is 3. The third-order valence-corrected chi connectivity index (χ3v) is 8.25. The number of anilines is 1. The molecule has 3 rings (SSSR count). The number of carbonyl (C=O) groups excluding carboxylic acids is 1. The Labute approximate surface area is 184 Å². The average molecular weight is 449 g/mol. The van der Waals surface area contributed by atoms with Gasteiger partial charge in [0.1, 0.15) is 10.6 Å². The molecular formula is C22H32N4O4S. The van der Waals surface area contributed by atoms with E-state index in [-0.39, 0.29) is 22.6 Å². The lowest BCUT2D eigenvalue weighted by Gasteiger charge is -2.33. The number of piperidine rings is 1. The van der Waals surface area contributed by atoms with E-state index >= 15 is 0 Å². The maximum Gasteiger partial charge on any atom is 0.248 e. The summed E-state index contributed by atoms with van der Waals surface area (Å²) in [6.45, 7) is 6.43. The van der Waals surface area contributed by atoms with E-state index in [9.17, 15) is 13.2 Å². The molecule has 170 valence electrons. The molecule has 1 aliphatic rings. The summed E-state index contributed by atoms with van der Waals surface area (Å²) in [6.07, 6.45) is 1.30. The number of amides is 1. The summed E-state index contributed by atoms with van der Waals surface area (Å²) in [4.78, 5) is 14.9. The van der Waals surface area contributed by atoms with Gasteiger partial charge >= 0.3 is 0 Å². The molecule has 0 aliphatic carbocycles. The normalized spacial score (nSPS) is 16.8. The van der Waals surface area contributed by atoms with Crippen LogP contribution in [0.2, 0.25) is 0 Å². The first-order valence-electron chi connectivity index (χ1n) is 10.6. The number of rotatable bonds is 7. The van der Waals surface area contributed by atoms with Crippen LogP contribution >= 0.6 is 0 Å². The van der Waals surface area contributed by atoms with Crippen LogP contribution in [0.4, 0.5) is 5.69 Å². The van der Waals surface area contributed by atoms with Crippen molar-refractivity contribution >= 4 is 21.6 Å². The van der Waals surface area contributed by atoms with Gasteiger partial charge < -0.3 is 14.7 Å². The third-order valence-electron chi connectivity index (χ3n) is 6.10. The quantitative estimate of drug-likeness (QED) is 0.700. The number of benzene rings is 1. The number of sulfonamides is 1. The Morgan fingerprint density at radius 1 is 1.23 bits per heavy atom. The molecule has 1 atom stereocenters. The van der Waals surface area contributed by atoms with Crippen LogP contribution in [-0.4, -0.2) is 51.0 Å². The Morgan fingerprint density at radius 3 is 2.35 bits per heavy atom. The van der Waals surface area contributed by atoms with Crippen LogP contribution in [0, 0.1) is 25.7 Å². The number of aryl methyl sites for hydroxylation is 2. The minimum Gasteiger partial charge on any atom is -0.378 e. The molecule has 1 unspecified atom stereocenters. The van der Waals surface area contributed by atoms with Gasteiger partial charge in [0, 0.05) is 45.3 Å². The summed E-state index contributed by atoms with van der Waals surface area (Å²) in [7, 11) is 0.347. The molecule has 31 heavy (non-hydrogen) atoms. The van der Waals surface area contributed by atoms with Crippen LogP contribution in [0.3, 0.4) is 0 Å². The van der Waals surface area contributed by atoms with E-state index in [4.69, 9.17) is 4.52 Å². The molecule has 0 bridgehead atoms. The van der Waals surface area contributed by atoms with E-state index in [2.05, 4.69) is 10.5 Å². The molecule has 1 amide bonds. The summed E-state index contributed by atoms with van der Waals surface area (Å²) < 4.78 is 32.5. The first-order valence-corrected chi connectivity index (χ1v) is 12.0. The van der Waals surface area contributed by atoms with Gasteiger partial charge in [0.25, 0.3) is 0 Å². The zero-order valence-corrected chi connectivity index (χ0v) is 19.7. The van der Waals surface area contributed by atoms with Gasteiger partial charge in [0.05, 0.1) is 0 Å². The zero-order chi connectivity index (χ0) is 22.8. The fraction of sp³-hybridized carbons (Fsp3) is 0.545. The monoisotopic (exact) mass is 448 g/mol. The predicted octanol–water partition coefficient (Wildman–Crippen LogP) is 2.71. The highest BCUT2D eigenvalue weighted by molar-refractivity contribution is 7.89. The van der Waals surface area contributed by atoms with Crippen molar-refractivity contribution in [2.24, 2.45) is 11.8 Å². The van der Waals surface area contributed by atoms with Gasteiger partial charge in [0.15, 0.2) is 5.76 Å². The number of aromatic nitrogens is 1. The summed E-state index contributed by atoms with van der Waals surface area (Å²) in [5.74, 6) is 0.284. The molecule has 8 nitrogen and oxygen atoms in total. The summed E-state index contributed by atoms with van der Waals surface area (Å²) in [6, 6.07) is 8.08. The number of hydrogen-bond donors (Lipinski definition) is 1. The molecule has 2 aromatic rings. The van der Waals surface area contributed by atoms with Gasteiger partial charge in [-0.2, -0.15) is 4.31 Å². The van der Waals surface area contributed by atoms with Crippen molar-refractivity contribution in [2.45, 2.75) is 45.1 Å². The second-order valence-corrected chi connectivity index (χ2v) is 10.3. The van der Waals surface area contributed by atoms with Crippen LogP contribution in [0.1, 0.15) is 36.8 Å². The van der Waals surface area contributed by atoms with Gasteiger partial charge in [-0.25, -0.2) is 8.42 Å². The lowest BCUT2D eigenvalue weighted by molar-refractivity contribution is -0.126. The fourth-order valence-corrected chi connectivity index (χ4v) is 5.83. The van der Waals surface area contributed by atoms with Crippen molar-refractivity contribution in [3.63, 3.8) is 0 Å².